The predicted octanol–water partition coefficient (Wildman–Crippen LogP) is 3.00. The minimum absolute atomic E-state index is 0.0845. The number of carbonyl (C=O) groups is 1. The van der Waals surface area contributed by atoms with Crippen molar-refractivity contribution < 1.29 is 17.9 Å². The first-order valence-corrected chi connectivity index (χ1v) is 11.3. The Kier molecular flexibility index (Phi) is 4.57. The minimum Gasteiger partial charge on any atom is -0.495 e. The highest BCUT2D eigenvalue weighted by Gasteiger charge is 2.34. The van der Waals surface area contributed by atoms with Gasteiger partial charge in [-0.15, -0.1) is 0 Å². The van der Waals surface area contributed by atoms with E-state index in [1.165, 1.54) is 10.6 Å². The van der Waals surface area contributed by atoms with Gasteiger partial charge in [-0.3, -0.25) is 9.10 Å². The summed E-state index contributed by atoms with van der Waals surface area (Å²) in [5, 5.41) is 0. The van der Waals surface area contributed by atoms with Gasteiger partial charge in [0.25, 0.3) is 5.91 Å². The van der Waals surface area contributed by atoms with Crippen LogP contribution in [-0.4, -0.2) is 40.3 Å². The first-order chi connectivity index (χ1) is 13.3. The van der Waals surface area contributed by atoms with E-state index < -0.39 is 10.0 Å². The molecule has 0 saturated heterocycles. The Labute approximate surface area is 165 Å². The molecule has 0 bridgehead atoms. The zero-order chi connectivity index (χ0) is 20.1. The maximum Gasteiger partial charge on any atom is 0.258 e. The lowest BCUT2D eigenvalue weighted by atomic mass is 9.99. The number of para-hydroxylation sites is 1. The molecule has 0 N–H and O–H groups in total. The van der Waals surface area contributed by atoms with E-state index in [2.05, 4.69) is 0 Å². The Morgan fingerprint density at radius 3 is 2.68 bits per heavy atom. The molecule has 1 atom stereocenters. The van der Waals surface area contributed by atoms with Crippen molar-refractivity contribution in [1.82, 2.24) is 0 Å². The summed E-state index contributed by atoms with van der Waals surface area (Å²) in [5.74, 6) is 0.613. The number of benzene rings is 2. The molecule has 1 unspecified atom stereocenters. The molecule has 6 nitrogen and oxygen atoms in total. The molecule has 148 valence electrons. The third-order valence-corrected chi connectivity index (χ3v) is 6.75. The summed E-state index contributed by atoms with van der Waals surface area (Å²) >= 11 is 0. The van der Waals surface area contributed by atoms with Gasteiger partial charge in [0, 0.05) is 18.2 Å². The molecule has 0 fully saturated rings. The quantitative estimate of drug-likeness (QED) is 0.794. The Bertz CT molecular complexity index is 1030. The van der Waals surface area contributed by atoms with E-state index in [1.807, 2.05) is 31.2 Å². The Hall–Kier alpha value is -2.54. The molecule has 0 saturated carbocycles. The minimum atomic E-state index is -3.35. The number of sulfonamides is 1. The molecule has 0 radical (unpaired) electrons. The molecule has 7 heteroatoms. The summed E-state index contributed by atoms with van der Waals surface area (Å²) in [6.45, 7) is 2.52. The fourth-order valence-corrected chi connectivity index (χ4v) is 5.64. The summed E-state index contributed by atoms with van der Waals surface area (Å²) in [5.41, 5.74) is 4.08. The topological polar surface area (TPSA) is 66.9 Å². The van der Waals surface area contributed by atoms with Gasteiger partial charge < -0.3 is 9.64 Å². The van der Waals surface area contributed by atoms with Crippen molar-refractivity contribution >= 4 is 27.3 Å². The first kappa shape index (κ1) is 18.8. The van der Waals surface area contributed by atoms with Gasteiger partial charge in [-0.2, -0.15) is 0 Å². The van der Waals surface area contributed by atoms with E-state index in [-0.39, 0.29) is 11.9 Å². The monoisotopic (exact) mass is 400 g/mol. The first-order valence-electron chi connectivity index (χ1n) is 9.41. The standard InChI is InChI=1S/C21H24N2O4S/c1-14-12-17-13-16(9-10-18(17)23(14)28(3,25)26)21(24)22-11-5-7-15-6-4-8-19(27-2)20(15)22/h4,6,8-10,13-14H,5,7,11-12H2,1-3H3. The summed E-state index contributed by atoms with van der Waals surface area (Å²) in [6.07, 6.45) is 3.63. The largest absolute Gasteiger partial charge is 0.495 e. The molecule has 4 rings (SSSR count). The number of nitrogens with zero attached hydrogens (tertiary/aromatic N) is 2. The highest BCUT2D eigenvalue weighted by atomic mass is 32.2. The summed E-state index contributed by atoms with van der Waals surface area (Å²) < 4.78 is 31.2. The van der Waals surface area contributed by atoms with Gasteiger partial charge in [-0.25, -0.2) is 8.42 Å². The van der Waals surface area contributed by atoms with Crippen LogP contribution in [0.15, 0.2) is 36.4 Å². The van der Waals surface area contributed by atoms with Crippen LogP contribution in [0.2, 0.25) is 0 Å². The molecule has 2 heterocycles. The summed E-state index contributed by atoms with van der Waals surface area (Å²) in [7, 11) is -1.73. The molecule has 2 aromatic carbocycles. The van der Waals surface area contributed by atoms with Gasteiger partial charge >= 0.3 is 0 Å². The molecule has 2 aliphatic rings. The van der Waals surface area contributed by atoms with Crippen LogP contribution in [0.5, 0.6) is 5.75 Å². The van der Waals surface area contributed by atoms with Crippen LogP contribution >= 0.6 is 0 Å². The summed E-state index contributed by atoms with van der Waals surface area (Å²) in [6, 6.07) is 11.0. The maximum absolute atomic E-state index is 13.3. The smallest absolute Gasteiger partial charge is 0.258 e. The SMILES string of the molecule is COc1cccc2c1N(C(=O)c1ccc3c(c1)CC(C)N3S(C)(=O)=O)CCC2. The molecule has 0 spiro atoms. The molecule has 0 aliphatic carbocycles. The van der Waals surface area contributed by atoms with Gasteiger partial charge in [0.15, 0.2) is 0 Å². The average molecular weight is 401 g/mol. The van der Waals surface area contributed by atoms with Gasteiger partial charge in [0.1, 0.15) is 5.75 Å². The van der Waals surface area contributed by atoms with Crippen LogP contribution in [-0.2, 0) is 22.9 Å². The number of aryl methyl sites for hydroxylation is 1. The number of anilines is 2. The number of ether oxygens (including phenoxy) is 1. The second-order valence-corrected chi connectivity index (χ2v) is 9.34. The second-order valence-electron chi connectivity index (χ2n) is 7.48. The molecule has 2 aromatic rings. The Balaban J connectivity index is 1.72. The van der Waals surface area contributed by atoms with E-state index >= 15 is 0 Å². The van der Waals surface area contributed by atoms with E-state index in [0.29, 0.717) is 30.0 Å². The molecule has 0 aromatic heterocycles. The number of rotatable bonds is 3. The number of amides is 1. The van der Waals surface area contributed by atoms with E-state index in [0.717, 1.165) is 29.7 Å². The third kappa shape index (κ3) is 3.03. The van der Waals surface area contributed by atoms with Crippen molar-refractivity contribution in [1.29, 1.82) is 0 Å². The number of methoxy groups -OCH3 is 1. The highest BCUT2D eigenvalue weighted by molar-refractivity contribution is 7.92. The summed E-state index contributed by atoms with van der Waals surface area (Å²) in [4.78, 5) is 15.1. The third-order valence-electron chi connectivity index (χ3n) is 5.48. The molecule has 28 heavy (non-hydrogen) atoms. The van der Waals surface area contributed by atoms with Crippen molar-refractivity contribution in [2.24, 2.45) is 0 Å². The Morgan fingerprint density at radius 1 is 1.18 bits per heavy atom. The second kappa shape index (κ2) is 6.81. The lowest BCUT2D eigenvalue weighted by Crippen LogP contribution is -2.36. The number of hydrogen-bond donors (Lipinski definition) is 0. The maximum atomic E-state index is 13.3. The fraction of sp³-hybridized carbons (Fsp3) is 0.381. The number of fused-ring (bicyclic) bond motifs is 2. The molecule has 1 amide bonds. The lowest BCUT2D eigenvalue weighted by Gasteiger charge is -2.31. The van der Waals surface area contributed by atoms with Crippen LogP contribution in [0.25, 0.3) is 0 Å². The average Bonchev–Trinajstić information content (AvgIpc) is 3.01. The van der Waals surface area contributed by atoms with Crippen LogP contribution in [0.1, 0.15) is 34.8 Å². The molecule has 2 aliphatic heterocycles. The van der Waals surface area contributed by atoms with Gasteiger partial charge in [0.2, 0.25) is 10.0 Å². The number of carbonyl (C=O) groups excluding carboxylic acids is 1. The lowest BCUT2D eigenvalue weighted by molar-refractivity contribution is 0.0984. The van der Waals surface area contributed by atoms with Crippen molar-refractivity contribution in [3.63, 3.8) is 0 Å². The van der Waals surface area contributed by atoms with Crippen molar-refractivity contribution in [3.8, 4) is 5.75 Å². The van der Waals surface area contributed by atoms with E-state index in [9.17, 15) is 13.2 Å². The normalized spacial score (nSPS) is 18.6. The van der Waals surface area contributed by atoms with Crippen molar-refractivity contribution in [2.45, 2.75) is 32.2 Å². The van der Waals surface area contributed by atoms with Crippen LogP contribution < -0.4 is 13.9 Å². The fourth-order valence-electron chi connectivity index (χ4n) is 4.38. The van der Waals surface area contributed by atoms with E-state index in [1.54, 1.807) is 24.1 Å². The number of hydrogen-bond acceptors (Lipinski definition) is 4. The molecular weight excluding hydrogens is 376 g/mol. The Morgan fingerprint density at radius 2 is 1.96 bits per heavy atom. The van der Waals surface area contributed by atoms with Gasteiger partial charge in [-0.05, 0) is 61.6 Å². The zero-order valence-electron chi connectivity index (χ0n) is 16.3. The highest BCUT2D eigenvalue weighted by Crippen LogP contribution is 2.38. The predicted molar refractivity (Wildman–Crippen MR) is 110 cm³/mol. The van der Waals surface area contributed by atoms with Gasteiger partial charge in [0.05, 0.1) is 24.7 Å². The van der Waals surface area contributed by atoms with Crippen molar-refractivity contribution in [3.05, 3.63) is 53.1 Å². The van der Waals surface area contributed by atoms with Gasteiger partial charge in [-0.1, -0.05) is 12.1 Å². The van der Waals surface area contributed by atoms with Crippen LogP contribution in [0, 0.1) is 0 Å². The van der Waals surface area contributed by atoms with E-state index in [4.69, 9.17) is 4.74 Å². The van der Waals surface area contributed by atoms with Crippen molar-refractivity contribution in [2.75, 3.05) is 29.1 Å². The zero-order valence-corrected chi connectivity index (χ0v) is 17.1. The van der Waals surface area contributed by atoms with Crippen LogP contribution in [0.4, 0.5) is 11.4 Å². The molecular formula is C21H24N2O4S. The van der Waals surface area contributed by atoms with Crippen LogP contribution in [0.3, 0.4) is 0 Å².